The Balaban J connectivity index is 2.58. The van der Waals surface area contributed by atoms with Gasteiger partial charge >= 0.3 is 0 Å². The lowest BCUT2D eigenvalue weighted by atomic mass is 10.1. The first-order valence-corrected chi connectivity index (χ1v) is 5.77. The van der Waals surface area contributed by atoms with Crippen LogP contribution in [0.25, 0.3) is 21.9 Å². The number of benzene rings is 2. The highest BCUT2D eigenvalue weighted by Crippen LogP contribution is 2.30. The summed E-state index contributed by atoms with van der Waals surface area (Å²) in [5.41, 5.74) is -1.70. The van der Waals surface area contributed by atoms with E-state index >= 15 is 0 Å². The molecule has 8 heteroatoms. The second-order valence-electron chi connectivity index (χ2n) is 4.28. The maximum atomic E-state index is 12.4. The zero-order chi connectivity index (χ0) is 15.1. The number of fused-ring (bicyclic) bond motifs is 2. The van der Waals surface area contributed by atoms with Crippen molar-refractivity contribution >= 4 is 33.3 Å². The van der Waals surface area contributed by atoms with Crippen molar-refractivity contribution < 1.29 is 14.3 Å². The zero-order valence-electron chi connectivity index (χ0n) is 10.3. The molecule has 0 spiro atoms. The number of nitrogens with zero attached hydrogens (tertiary/aromatic N) is 2. The van der Waals surface area contributed by atoms with Crippen molar-refractivity contribution in [3.8, 4) is 0 Å². The summed E-state index contributed by atoms with van der Waals surface area (Å²) >= 11 is 0. The summed E-state index contributed by atoms with van der Waals surface area (Å²) in [5, 5.41) is 21.8. The molecule has 1 heterocycles. The maximum Gasteiger partial charge on any atom is 0.291 e. The number of hydrogen-bond acceptors (Lipinski definition) is 6. The highest BCUT2D eigenvalue weighted by atomic mass is 16.6. The average Bonchev–Trinajstić information content (AvgIpc) is 2.46. The van der Waals surface area contributed by atoms with Crippen LogP contribution in [0.4, 0.5) is 11.4 Å². The SMILES string of the molecule is O=c1c2ccccc2oc2cc([N+](=O)[O-])cc([N+](=O)[O-])c12. The summed E-state index contributed by atoms with van der Waals surface area (Å²) in [6.07, 6.45) is 0. The van der Waals surface area contributed by atoms with E-state index in [1.54, 1.807) is 12.1 Å². The van der Waals surface area contributed by atoms with Gasteiger partial charge in [-0.15, -0.1) is 0 Å². The Bertz CT molecular complexity index is 975. The van der Waals surface area contributed by atoms with E-state index in [1.807, 2.05) is 0 Å². The van der Waals surface area contributed by atoms with Gasteiger partial charge in [-0.3, -0.25) is 25.0 Å². The fraction of sp³-hybridized carbons (Fsp3) is 0. The van der Waals surface area contributed by atoms with Crippen molar-refractivity contribution in [2.45, 2.75) is 0 Å². The monoisotopic (exact) mass is 286 g/mol. The lowest BCUT2D eigenvalue weighted by Crippen LogP contribution is -2.06. The molecule has 0 fully saturated rings. The fourth-order valence-electron chi connectivity index (χ4n) is 2.14. The maximum absolute atomic E-state index is 12.4. The molecular formula is C13H6N2O6. The number of non-ortho nitro benzene ring substituents is 2. The molecule has 0 atom stereocenters. The van der Waals surface area contributed by atoms with Gasteiger partial charge in [0.25, 0.3) is 11.4 Å². The van der Waals surface area contributed by atoms with Crippen molar-refractivity contribution in [3.05, 3.63) is 66.9 Å². The van der Waals surface area contributed by atoms with Crippen LogP contribution in [-0.2, 0) is 0 Å². The molecule has 0 saturated carbocycles. The van der Waals surface area contributed by atoms with Crippen LogP contribution in [0.1, 0.15) is 0 Å². The Labute approximate surface area is 115 Å². The molecule has 104 valence electrons. The topological polar surface area (TPSA) is 116 Å². The molecule has 0 radical (unpaired) electrons. The molecule has 0 saturated heterocycles. The minimum Gasteiger partial charge on any atom is -0.455 e. The largest absolute Gasteiger partial charge is 0.455 e. The van der Waals surface area contributed by atoms with Crippen LogP contribution in [-0.4, -0.2) is 9.85 Å². The van der Waals surface area contributed by atoms with Gasteiger partial charge in [0.05, 0.1) is 27.4 Å². The summed E-state index contributed by atoms with van der Waals surface area (Å²) in [6, 6.07) is 7.99. The van der Waals surface area contributed by atoms with Crippen LogP contribution in [0.15, 0.2) is 45.6 Å². The number of rotatable bonds is 2. The first kappa shape index (κ1) is 12.7. The van der Waals surface area contributed by atoms with Crippen molar-refractivity contribution in [3.63, 3.8) is 0 Å². The van der Waals surface area contributed by atoms with Crippen molar-refractivity contribution in [1.29, 1.82) is 0 Å². The molecule has 0 aliphatic rings. The predicted molar refractivity (Wildman–Crippen MR) is 73.3 cm³/mol. The van der Waals surface area contributed by atoms with Gasteiger partial charge in [-0.25, -0.2) is 0 Å². The van der Waals surface area contributed by atoms with E-state index in [1.165, 1.54) is 12.1 Å². The van der Waals surface area contributed by atoms with E-state index in [0.717, 1.165) is 12.1 Å². The predicted octanol–water partition coefficient (Wildman–Crippen LogP) is 2.76. The average molecular weight is 286 g/mol. The summed E-state index contributed by atoms with van der Waals surface area (Å²) in [5.74, 6) is 0. The molecule has 0 N–H and O–H groups in total. The van der Waals surface area contributed by atoms with Crippen LogP contribution in [0, 0.1) is 20.2 Å². The van der Waals surface area contributed by atoms with Crippen molar-refractivity contribution in [2.75, 3.05) is 0 Å². The molecular weight excluding hydrogens is 280 g/mol. The zero-order valence-corrected chi connectivity index (χ0v) is 10.3. The minimum atomic E-state index is -0.832. The Morgan fingerprint density at radius 1 is 0.952 bits per heavy atom. The summed E-state index contributed by atoms with van der Waals surface area (Å²) in [4.78, 5) is 32.7. The van der Waals surface area contributed by atoms with Gasteiger partial charge in [0, 0.05) is 0 Å². The van der Waals surface area contributed by atoms with Crippen molar-refractivity contribution in [2.24, 2.45) is 0 Å². The second kappa shape index (κ2) is 4.37. The summed E-state index contributed by atoms with van der Waals surface area (Å²) in [6.45, 7) is 0. The van der Waals surface area contributed by atoms with Gasteiger partial charge in [-0.05, 0) is 12.1 Å². The molecule has 1 aromatic heterocycles. The van der Waals surface area contributed by atoms with Gasteiger partial charge < -0.3 is 4.42 Å². The van der Waals surface area contributed by atoms with Gasteiger partial charge in [0.15, 0.2) is 5.58 Å². The third-order valence-corrected chi connectivity index (χ3v) is 3.05. The van der Waals surface area contributed by atoms with E-state index in [0.29, 0.717) is 0 Å². The van der Waals surface area contributed by atoms with E-state index < -0.39 is 26.7 Å². The van der Waals surface area contributed by atoms with Crippen LogP contribution < -0.4 is 5.43 Å². The molecule has 0 bridgehead atoms. The van der Waals surface area contributed by atoms with Crippen LogP contribution in [0.5, 0.6) is 0 Å². The van der Waals surface area contributed by atoms with Gasteiger partial charge in [-0.2, -0.15) is 0 Å². The van der Waals surface area contributed by atoms with Gasteiger partial charge in [0.1, 0.15) is 11.0 Å². The highest BCUT2D eigenvalue weighted by Gasteiger charge is 2.24. The first-order valence-electron chi connectivity index (χ1n) is 5.77. The Kier molecular flexibility index (Phi) is 2.65. The molecule has 0 aliphatic heterocycles. The molecule has 3 rings (SSSR count). The molecule has 0 unspecified atom stereocenters. The van der Waals surface area contributed by atoms with Crippen LogP contribution >= 0.6 is 0 Å². The lowest BCUT2D eigenvalue weighted by Gasteiger charge is -2.02. The second-order valence-corrected chi connectivity index (χ2v) is 4.28. The molecule has 2 aromatic carbocycles. The smallest absolute Gasteiger partial charge is 0.291 e. The number of hydrogen-bond donors (Lipinski definition) is 0. The van der Waals surface area contributed by atoms with Gasteiger partial charge in [-0.1, -0.05) is 12.1 Å². The van der Waals surface area contributed by atoms with E-state index in [4.69, 9.17) is 4.42 Å². The van der Waals surface area contributed by atoms with Crippen LogP contribution in [0.3, 0.4) is 0 Å². The number of nitro groups is 2. The van der Waals surface area contributed by atoms with Gasteiger partial charge in [0.2, 0.25) is 5.43 Å². The Morgan fingerprint density at radius 3 is 2.33 bits per heavy atom. The highest BCUT2D eigenvalue weighted by molar-refractivity contribution is 5.96. The third-order valence-electron chi connectivity index (χ3n) is 3.05. The Hall–Kier alpha value is -3.29. The van der Waals surface area contributed by atoms with E-state index in [-0.39, 0.29) is 21.9 Å². The normalized spacial score (nSPS) is 10.9. The molecule has 0 amide bonds. The minimum absolute atomic E-state index is 0.181. The third kappa shape index (κ3) is 1.89. The molecule has 8 nitrogen and oxygen atoms in total. The lowest BCUT2D eigenvalue weighted by molar-refractivity contribution is -0.393. The molecule has 0 aliphatic carbocycles. The summed E-state index contributed by atoms with van der Waals surface area (Å²) in [7, 11) is 0. The van der Waals surface area contributed by atoms with E-state index in [2.05, 4.69) is 0 Å². The van der Waals surface area contributed by atoms with E-state index in [9.17, 15) is 25.0 Å². The first-order chi connectivity index (χ1) is 9.99. The number of para-hydroxylation sites is 1. The van der Waals surface area contributed by atoms with Crippen molar-refractivity contribution in [1.82, 2.24) is 0 Å². The fourth-order valence-corrected chi connectivity index (χ4v) is 2.14. The number of nitro benzene ring substituents is 2. The molecule has 3 aromatic rings. The Morgan fingerprint density at radius 2 is 1.67 bits per heavy atom. The van der Waals surface area contributed by atoms with Crippen LogP contribution in [0.2, 0.25) is 0 Å². The quantitative estimate of drug-likeness (QED) is 0.406. The standard InChI is InChI=1S/C13H6N2O6/c16-13-8-3-1-2-4-10(8)21-11-6-7(14(17)18)5-9(12(11)13)15(19)20/h1-6H. The summed E-state index contributed by atoms with van der Waals surface area (Å²) < 4.78 is 5.40. The molecule has 21 heavy (non-hydrogen) atoms.